The zero-order valence-electron chi connectivity index (χ0n) is 16.5. The van der Waals surface area contributed by atoms with Crippen LogP contribution in [-0.4, -0.2) is 25.6 Å². The molecule has 0 bridgehead atoms. The minimum Gasteiger partial charge on any atom is -0.482 e. The van der Waals surface area contributed by atoms with Crippen LogP contribution < -0.4 is 10.1 Å². The molecule has 8 heteroatoms. The van der Waals surface area contributed by atoms with Crippen LogP contribution in [0.3, 0.4) is 0 Å². The van der Waals surface area contributed by atoms with Gasteiger partial charge >= 0.3 is 5.97 Å². The number of esters is 1. The van der Waals surface area contributed by atoms with Gasteiger partial charge in [-0.2, -0.15) is 0 Å². The van der Waals surface area contributed by atoms with Gasteiger partial charge in [-0.3, -0.25) is 4.79 Å². The second kappa shape index (κ2) is 9.51. The Kier molecular flexibility index (Phi) is 7.02. The molecule has 0 saturated carbocycles. The Morgan fingerprint density at radius 1 is 1.07 bits per heavy atom. The first kappa shape index (κ1) is 22.2. The topological polar surface area (TPSA) is 64.6 Å². The molecule has 30 heavy (non-hydrogen) atoms. The van der Waals surface area contributed by atoms with Crippen LogP contribution in [0.5, 0.6) is 5.75 Å². The predicted molar refractivity (Wildman–Crippen MR) is 121 cm³/mol. The van der Waals surface area contributed by atoms with E-state index in [1.165, 1.54) is 24.5 Å². The summed E-state index contributed by atoms with van der Waals surface area (Å²) in [7, 11) is 1.31. The maximum atomic E-state index is 12.5. The second-order valence-corrected chi connectivity index (χ2v) is 8.28. The van der Waals surface area contributed by atoms with Crippen LogP contribution in [0.15, 0.2) is 41.8 Å². The average Bonchev–Trinajstić information content (AvgIpc) is 3.12. The van der Waals surface area contributed by atoms with Gasteiger partial charge in [0.1, 0.15) is 16.3 Å². The number of hydrogen-bond acceptors (Lipinski definition) is 5. The maximum Gasteiger partial charge on any atom is 0.341 e. The van der Waals surface area contributed by atoms with E-state index in [9.17, 15) is 9.59 Å². The van der Waals surface area contributed by atoms with E-state index < -0.39 is 11.9 Å². The van der Waals surface area contributed by atoms with Crippen LogP contribution in [0.4, 0.5) is 5.00 Å². The number of aryl methyl sites for hydroxylation is 2. The van der Waals surface area contributed by atoms with Crippen molar-refractivity contribution in [1.82, 2.24) is 0 Å². The Morgan fingerprint density at radius 3 is 2.50 bits per heavy atom. The number of methoxy groups -OCH3 is 1. The molecule has 0 radical (unpaired) electrons. The van der Waals surface area contributed by atoms with E-state index in [2.05, 4.69) is 5.32 Å². The molecule has 0 aliphatic rings. The molecule has 1 heterocycles. The molecular formula is C22H19Cl2NO4S. The van der Waals surface area contributed by atoms with Gasteiger partial charge in [-0.15, -0.1) is 11.3 Å². The first-order valence-electron chi connectivity index (χ1n) is 8.95. The van der Waals surface area contributed by atoms with Gasteiger partial charge in [-0.05, 0) is 48.7 Å². The summed E-state index contributed by atoms with van der Waals surface area (Å²) in [6, 6.07) is 10.7. The largest absolute Gasteiger partial charge is 0.482 e. The Morgan fingerprint density at radius 2 is 1.83 bits per heavy atom. The third kappa shape index (κ3) is 4.95. The lowest BCUT2D eigenvalue weighted by Crippen LogP contribution is -2.21. The average molecular weight is 464 g/mol. The van der Waals surface area contributed by atoms with Crippen LogP contribution in [0.2, 0.25) is 10.0 Å². The quantitative estimate of drug-likeness (QED) is 0.445. The molecule has 0 fully saturated rings. The number of nitrogens with one attached hydrogen (secondary N) is 1. The molecule has 1 aromatic heterocycles. The second-order valence-electron chi connectivity index (χ2n) is 6.56. The molecule has 0 aliphatic heterocycles. The normalized spacial score (nSPS) is 10.6. The number of rotatable bonds is 6. The van der Waals surface area contributed by atoms with Crippen molar-refractivity contribution in [2.45, 2.75) is 13.8 Å². The predicted octanol–water partition coefficient (Wildman–Crippen LogP) is 6.14. The van der Waals surface area contributed by atoms with Crippen LogP contribution in [-0.2, 0) is 9.53 Å². The molecule has 0 saturated heterocycles. The zero-order chi connectivity index (χ0) is 21.8. The minimum absolute atomic E-state index is 0.279. The first-order valence-corrected chi connectivity index (χ1v) is 10.6. The van der Waals surface area contributed by atoms with Gasteiger partial charge in [0.25, 0.3) is 5.91 Å². The van der Waals surface area contributed by atoms with E-state index in [0.717, 1.165) is 16.7 Å². The van der Waals surface area contributed by atoms with Gasteiger partial charge in [0.15, 0.2) is 6.61 Å². The summed E-state index contributed by atoms with van der Waals surface area (Å²) in [6.07, 6.45) is 0. The SMILES string of the molecule is COC(=O)c1c(-c2ccc(C)c(C)c2)csc1NC(=O)COc1ccc(Cl)cc1Cl. The molecule has 0 atom stereocenters. The number of benzene rings is 2. The van der Waals surface area contributed by atoms with Crippen molar-refractivity contribution in [3.63, 3.8) is 0 Å². The van der Waals surface area contributed by atoms with E-state index in [-0.39, 0.29) is 6.61 Å². The number of thiophene rings is 1. The highest BCUT2D eigenvalue weighted by Crippen LogP contribution is 2.37. The Bertz CT molecular complexity index is 1110. The van der Waals surface area contributed by atoms with E-state index in [4.69, 9.17) is 32.7 Å². The fourth-order valence-corrected chi connectivity index (χ4v) is 4.21. The summed E-state index contributed by atoms with van der Waals surface area (Å²) in [5, 5.41) is 5.72. The summed E-state index contributed by atoms with van der Waals surface area (Å²) in [5.74, 6) is -0.618. The molecule has 1 N–H and O–H groups in total. The number of halogens is 2. The van der Waals surface area contributed by atoms with E-state index >= 15 is 0 Å². The molecule has 156 valence electrons. The van der Waals surface area contributed by atoms with Gasteiger partial charge in [0.2, 0.25) is 0 Å². The third-order valence-corrected chi connectivity index (χ3v) is 5.93. The molecule has 0 aliphatic carbocycles. The van der Waals surface area contributed by atoms with Crippen molar-refractivity contribution in [3.8, 4) is 16.9 Å². The summed E-state index contributed by atoms with van der Waals surface area (Å²) < 4.78 is 10.4. The van der Waals surface area contributed by atoms with Crippen LogP contribution in [0.25, 0.3) is 11.1 Å². The van der Waals surface area contributed by atoms with E-state index in [0.29, 0.717) is 31.9 Å². The van der Waals surface area contributed by atoms with Gasteiger partial charge in [0.05, 0.1) is 12.1 Å². The van der Waals surface area contributed by atoms with Crippen LogP contribution in [0, 0.1) is 13.8 Å². The molecule has 3 rings (SSSR count). The lowest BCUT2D eigenvalue weighted by Gasteiger charge is -2.10. The zero-order valence-corrected chi connectivity index (χ0v) is 18.9. The van der Waals surface area contributed by atoms with Crippen molar-refractivity contribution in [2.75, 3.05) is 19.0 Å². The molecular weight excluding hydrogens is 445 g/mol. The van der Waals surface area contributed by atoms with Crippen molar-refractivity contribution in [3.05, 3.63) is 68.5 Å². The summed E-state index contributed by atoms with van der Waals surface area (Å²) in [5.41, 5.74) is 4.14. The van der Waals surface area contributed by atoms with Crippen molar-refractivity contribution in [2.24, 2.45) is 0 Å². The molecule has 3 aromatic rings. The number of carbonyl (C=O) groups excluding carboxylic acids is 2. The van der Waals surface area contributed by atoms with Crippen LogP contribution in [0.1, 0.15) is 21.5 Å². The minimum atomic E-state index is -0.526. The molecule has 0 unspecified atom stereocenters. The fourth-order valence-electron chi connectivity index (χ4n) is 2.77. The van der Waals surface area contributed by atoms with Crippen LogP contribution >= 0.6 is 34.5 Å². The Balaban J connectivity index is 1.81. The number of ether oxygens (including phenoxy) is 2. The summed E-state index contributed by atoms with van der Waals surface area (Å²) >= 11 is 13.2. The molecule has 2 aromatic carbocycles. The van der Waals surface area contributed by atoms with Gasteiger partial charge < -0.3 is 14.8 Å². The maximum absolute atomic E-state index is 12.5. The molecule has 1 amide bonds. The standard InChI is InChI=1S/C22H19Cl2NO4S/c1-12-4-5-14(8-13(12)2)16-11-30-21(20(16)22(27)28-3)25-19(26)10-29-18-7-6-15(23)9-17(18)24/h4-9,11H,10H2,1-3H3,(H,25,26). The highest BCUT2D eigenvalue weighted by atomic mass is 35.5. The van der Waals surface area contributed by atoms with Crippen molar-refractivity contribution < 1.29 is 19.1 Å². The molecule has 0 spiro atoms. The van der Waals surface area contributed by atoms with E-state index in [1.54, 1.807) is 12.1 Å². The lowest BCUT2D eigenvalue weighted by atomic mass is 9.99. The van der Waals surface area contributed by atoms with Crippen molar-refractivity contribution >= 4 is 51.4 Å². The Hall–Kier alpha value is -2.54. The summed E-state index contributed by atoms with van der Waals surface area (Å²) in [6.45, 7) is 3.75. The van der Waals surface area contributed by atoms with Crippen molar-refractivity contribution in [1.29, 1.82) is 0 Å². The number of carbonyl (C=O) groups is 2. The number of amides is 1. The molecule has 5 nitrogen and oxygen atoms in total. The monoisotopic (exact) mass is 463 g/mol. The number of anilines is 1. The van der Waals surface area contributed by atoms with E-state index in [1.807, 2.05) is 37.4 Å². The first-order chi connectivity index (χ1) is 14.3. The summed E-state index contributed by atoms with van der Waals surface area (Å²) in [4.78, 5) is 24.9. The van der Waals surface area contributed by atoms with Gasteiger partial charge in [-0.1, -0.05) is 41.4 Å². The Labute approximate surface area is 188 Å². The highest BCUT2D eigenvalue weighted by Gasteiger charge is 2.22. The number of hydrogen-bond donors (Lipinski definition) is 1. The third-order valence-electron chi connectivity index (χ3n) is 4.50. The van der Waals surface area contributed by atoms with Gasteiger partial charge in [0, 0.05) is 16.0 Å². The lowest BCUT2D eigenvalue weighted by molar-refractivity contribution is -0.118. The fraction of sp³-hybridized carbons (Fsp3) is 0.182. The van der Waals surface area contributed by atoms with Gasteiger partial charge in [-0.25, -0.2) is 4.79 Å². The smallest absolute Gasteiger partial charge is 0.341 e. The highest BCUT2D eigenvalue weighted by molar-refractivity contribution is 7.15.